The van der Waals surface area contributed by atoms with E-state index < -0.39 is 0 Å². The minimum Gasteiger partial charge on any atom is -0.342 e. The molecule has 1 atom stereocenters. The molecule has 0 spiro atoms. The lowest BCUT2D eigenvalue weighted by Gasteiger charge is -2.33. The number of pyridine rings is 1. The van der Waals surface area contributed by atoms with Crippen LogP contribution in [0.15, 0.2) is 36.8 Å². The number of rotatable bonds is 6. The van der Waals surface area contributed by atoms with E-state index >= 15 is 0 Å². The molecule has 0 N–H and O–H groups in total. The number of hydrogen-bond acceptors (Lipinski definition) is 5. The number of carbonyl (C=O) groups excluding carboxylic acids is 1. The van der Waals surface area contributed by atoms with Gasteiger partial charge in [-0.2, -0.15) is 0 Å². The summed E-state index contributed by atoms with van der Waals surface area (Å²) in [6.45, 7) is 5.09. The van der Waals surface area contributed by atoms with Gasteiger partial charge in [0, 0.05) is 62.8 Å². The predicted molar refractivity (Wildman–Crippen MR) is 101 cm³/mol. The van der Waals surface area contributed by atoms with Crippen LogP contribution in [0.4, 0.5) is 0 Å². The molecule has 0 saturated carbocycles. The summed E-state index contributed by atoms with van der Waals surface area (Å²) in [5.74, 6) is 1.35. The molecular weight excluding hydrogens is 326 g/mol. The first-order chi connectivity index (χ1) is 12.6. The molecule has 3 heterocycles. The van der Waals surface area contributed by atoms with Crippen molar-refractivity contribution in [2.75, 3.05) is 26.7 Å². The van der Waals surface area contributed by atoms with Gasteiger partial charge in [-0.25, -0.2) is 9.97 Å². The Labute approximate surface area is 155 Å². The predicted octanol–water partition coefficient (Wildman–Crippen LogP) is 2.41. The van der Waals surface area contributed by atoms with Crippen LogP contribution in [0.5, 0.6) is 0 Å². The average molecular weight is 353 g/mol. The van der Waals surface area contributed by atoms with Crippen LogP contribution in [-0.2, 0) is 11.3 Å². The van der Waals surface area contributed by atoms with E-state index in [2.05, 4.69) is 25.9 Å². The molecule has 26 heavy (non-hydrogen) atoms. The smallest absolute Gasteiger partial charge is 0.223 e. The van der Waals surface area contributed by atoms with Crippen molar-refractivity contribution in [1.82, 2.24) is 24.8 Å². The third-order valence-corrected chi connectivity index (χ3v) is 4.87. The molecule has 0 aliphatic carbocycles. The number of aromatic nitrogens is 3. The van der Waals surface area contributed by atoms with Gasteiger partial charge in [0.15, 0.2) is 0 Å². The van der Waals surface area contributed by atoms with Crippen molar-refractivity contribution in [3.8, 4) is 0 Å². The first-order valence-electron chi connectivity index (χ1n) is 9.26. The number of likely N-dealkylation sites (tertiary alicyclic amines) is 1. The first-order valence-corrected chi connectivity index (χ1v) is 9.26. The second kappa shape index (κ2) is 8.85. The molecular formula is C20H27N5O. The summed E-state index contributed by atoms with van der Waals surface area (Å²) in [6.07, 6.45) is 8.13. The second-order valence-electron chi connectivity index (χ2n) is 7.06. The van der Waals surface area contributed by atoms with E-state index in [0.29, 0.717) is 12.3 Å². The number of nitrogens with zero attached hydrogens (tertiary/aromatic N) is 5. The van der Waals surface area contributed by atoms with Crippen molar-refractivity contribution in [3.05, 3.63) is 53.9 Å². The van der Waals surface area contributed by atoms with E-state index in [1.54, 1.807) is 6.20 Å². The minimum atomic E-state index is 0.235. The maximum absolute atomic E-state index is 12.7. The third-order valence-electron chi connectivity index (χ3n) is 4.87. The quantitative estimate of drug-likeness (QED) is 0.798. The molecule has 6 nitrogen and oxygen atoms in total. The highest BCUT2D eigenvalue weighted by atomic mass is 16.2. The molecule has 1 aliphatic rings. The van der Waals surface area contributed by atoms with Crippen LogP contribution in [0, 0.1) is 6.92 Å². The lowest BCUT2D eigenvalue weighted by atomic mass is 9.94. The second-order valence-corrected chi connectivity index (χ2v) is 7.06. The summed E-state index contributed by atoms with van der Waals surface area (Å²) in [7, 11) is 2.04. The van der Waals surface area contributed by atoms with Gasteiger partial charge in [0.05, 0.1) is 0 Å². The molecule has 2 aromatic heterocycles. The molecule has 1 fully saturated rings. The molecule has 6 heteroatoms. The number of carbonyl (C=O) groups is 1. The molecule has 1 unspecified atom stereocenters. The molecule has 0 bridgehead atoms. The van der Waals surface area contributed by atoms with Crippen molar-refractivity contribution in [1.29, 1.82) is 0 Å². The van der Waals surface area contributed by atoms with Gasteiger partial charge >= 0.3 is 0 Å². The van der Waals surface area contributed by atoms with Crippen LogP contribution in [0.2, 0.25) is 0 Å². The number of piperidine rings is 1. The summed E-state index contributed by atoms with van der Waals surface area (Å²) in [4.78, 5) is 29.7. The summed E-state index contributed by atoms with van der Waals surface area (Å²) < 4.78 is 0. The van der Waals surface area contributed by atoms with E-state index in [-0.39, 0.29) is 5.91 Å². The van der Waals surface area contributed by atoms with Crippen molar-refractivity contribution in [2.24, 2.45) is 0 Å². The van der Waals surface area contributed by atoms with Crippen LogP contribution in [0.3, 0.4) is 0 Å². The maximum atomic E-state index is 12.7. The van der Waals surface area contributed by atoms with Gasteiger partial charge in [0.1, 0.15) is 5.82 Å². The van der Waals surface area contributed by atoms with E-state index in [9.17, 15) is 4.79 Å². The largest absolute Gasteiger partial charge is 0.342 e. The van der Waals surface area contributed by atoms with Crippen LogP contribution in [-0.4, -0.2) is 57.3 Å². The number of aryl methyl sites for hydroxylation is 1. The zero-order chi connectivity index (χ0) is 18.4. The summed E-state index contributed by atoms with van der Waals surface area (Å²) in [5, 5.41) is 0. The fraction of sp³-hybridized carbons (Fsp3) is 0.500. The van der Waals surface area contributed by atoms with Crippen LogP contribution < -0.4 is 0 Å². The zero-order valence-electron chi connectivity index (χ0n) is 15.6. The minimum absolute atomic E-state index is 0.235. The maximum Gasteiger partial charge on any atom is 0.223 e. The fourth-order valence-electron chi connectivity index (χ4n) is 3.47. The molecule has 0 radical (unpaired) electrons. The Morgan fingerprint density at radius 3 is 3.00 bits per heavy atom. The van der Waals surface area contributed by atoms with Crippen LogP contribution >= 0.6 is 0 Å². The van der Waals surface area contributed by atoms with Gasteiger partial charge in [-0.1, -0.05) is 6.07 Å². The van der Waals surface area contributed by atoms with Crippen molar-refractivity contribution in [2.45, 2.75) is 38.6 Å². The topological polar surface area (TPSA) is 62.2 Å². The van der Waals surface area contributed by atoms with Gasteiger partial charge in [-0.3, -0.25) is 9.78 Å². The van der Waals surface area contributed by atoms with Crippen LogP contribution in [0.1, 0.15) is 42.3 Å². The Hall–Kier alpha value is -2.34. The van der Waals surface area contributed by atoms with Crippen molar-refractivity contribution in [3.63, 3.8) is 0 Å². The van der Waals surface area contributed by atoms with Crippen molar-refractivity contribution < 1.29 is 4.79 Å². The van der Waals surface area contributed by atoms with Gasteiger partial charge in [-0.05, 0) is 44.5 Å². The van der Waals surface area contributed by atoms with Gasteiger partial charge < -0.3 is 9.80 Å². The van der Waals surface area contributed by atoms with Crippen molar-refractivity contribution >= 4 is 5.91 Å². The molecule has 1 saturated heterocycles. The Morgan fingerprint density at radius 1 is 1.35 bits per heavy atom. The lowest BCUT2D eigenvalue weighted by molar-refractivity contribution is -0.132. The highest BCUT2D eigenvalue weighted by molar-refractivity contribution is 5.76. The Morgan fingerprint density at radius 2 is 2.23 bits per heavy atom. The fourth-order valence-corrected chi connectivity index (χ4v) is 3.47. The summed E-state index contributed by atoms with van der Waals surface area (Å²) >= 11 is 0. The summed E-state index contributed by atoms with van der Waals surface area (Å²) in [6, 6.07) is 5.98. The van der Waals surface area contributed by atoms with Crippen LogP contribution in [0.25, 0.3) is 0 Å². The highest BCUT2D eigenvalue weighted by Crippen LogP contribution is 2.25. The SMILES string of the molecule is Cc1nccc(C2CCCN(C(=O)CCN(C)Cc3cccnc3)C2)n1. The average Bonchev–Trinajstić information content (AvgIpc) is 2.67. The highest BCUT2D eigenvalue weighted by Gasteiger charge is 2.25. The van der Waals surface area contributed by atoms with E-state index in [1.807, 2.05) is 43.4 Å². The Balaban J connectivity index is 1.49. The van der Waals surface area contributed by atoms with E-state index in [0.717, 1.165) is 50.5 Å². The summed E-state index contributed by atoms with van der Waals surface area (Å²) in [5.41, 5.74) is 2.23. The molecule has 3 rings (SSSR count). The van der Waals surface area contributed by atoms with Gasteiger partial charge in [0.2, 0.25) is 5.91 Å². The molecule has 0 aromatic carbocycles. The molecule has 1 aliphatic heterocycles. The Bertz CT molecular complexity index is 721. The molecule has 138 valence electrons. The molecule has 2 aromatic rings. The van der Waals surface area contributed by atoms with Gasteiger partial charge in [-0.15, -0.1) is 0 Å². The lowest BCUT2D eigenvalue weighted by Crippen LogP contribution is -2.40. The third kappa shape index (κ3) is 5.08. The van der Waals surface area contributed by atoms with Gasteiger partial charge in [0.25, 0.3) is 0 Å². The van der Waals surface area contributed by atoms with E-state index in [4.69, 9.17) is 0 Å². The Kier molecular flexibility index (Phi) is 6.28. The monoisotopic (exact) mass is 353 g/mol. The first kappa shape index (κ1) is 18.5. The standard InChI is InChI=1S/C20H27N5O/c1-16-22-10-7-19(23-16)18-6-4-11-25(15-18)20(26)8-12-24(2)14-17-5-3-9-21-13-17/h3,5,7,9-10,13,18H,4,6,8,11-12,14-15H2,1-2H3. The zero-order valence-corrected chi connectivity index (χ0v) is 15.6. The molecule has 1 amide bonds. The number of hydrogen-bond donors (Lipinski definition) is 0. The van der Waals surface area contributed by atoms with E-state index in [1.165, 1.54) is 5.56 Å². The number of amides is 1. The normalized spacial score (nSPS) is 17.5.